The first kappa shape index (κ1) is 15.0. The van der Waals surface area contributed by atoms with Gasteiger partial charge < -0.3 is 14.4 Å². The van der Waals surface area contributed by atoms with Crippen LogP contribution in [-0.2, 0) is 16.1 Å². The molecule has 118 valence electrons. The van der Waals surface area contributed by atoms with Crippen molar-refractivity contribution < 1.29 is 14.3 Å². The highest BCUT2D eigenvalue weighted by atomic mass is 16.6. The molecule has 0 bridgehead atoms. The molecule has 5 heteroatoms. The summed E-state index contributed by atoms with van der Waals surface area (Å²) in [5, 5.41) is 0. The molecule has 0 aromatic heterocycles. The summed E-state index contributed by atoms with van der Waals surface area (Å²) < 4.78 is 5.36. The molecule has 2 fully saturated rings. The standard InChI is InChI=1S/C17H22N2O3/c20-12-15-10-16(11-15)18-6-8-19(9-7-18)17(21)22-13-14-4-2-1-3-5-14/h1-5,12,15-16H,6-11,13H2. The van der Waals surface area contributed by atoms with Crippen LogP contribution >= 0.6 is 0 Å². The highest BCUT2D eigenvalue weighted by Crippen LogP contribution is 2.30. The molecular weight excluding hydrogens is 280 g/mol. The van der Waals surface area contributed by atoms with Crippen molar-refractivity contribution in [1.82, 2.24) is 9.80 Å². The Hall–Kier alpha value is -1.88. The highest BCUT2D eigenvalue weighted by Gasteiger charge is 2.35. The Morgan fingerprint density at radius 3 is 2.45 bits per heavy atom. The number of ether oxygens (including phenoxy) is 1. The van der Waals surface area contributed by atoms with E-state index < -0.39 is 0 Å². The largest absolute Gasteiger partial charge is 0.445 e. The summed E-state index contributed by atoms with van der Waals surface area (Å²) in [5.74, 6) is 0.249. The van der Waals surface area contributed by atoms with Crippen LogP contribution < -0.4 is 0 Å². The Balaban J connectivity index is 1.39. The number of carbonyl (C=O) groups excluding carboxylic acids is 2. The van der Waals surface area contributed by atoms with Crippen molar-refractivity contribution in [1.29, 1.82) is 0 Å². The zero-order valence-electron chi connectivity index (χ0n) is 12.7. The maximum atomic E-state index is 12.1. The predicted molar refractivity (Wildman–Crippen MR) is 82.3 cm³/mol. The molecule has 1 aliphatic carbocycles. The van der Waals surface area contributed by atoms with E-state index in [0.29, 0.717) is 25.7 Å². The predicted octanol–water partition coefficient (Wildman–Crippen LogP) is 1.92. The maximum absolute atomic E-state index is 12.1. The zero-order chi connectivity index (χ0) is 15.4. The number of carbonyl (C=O) groups is 2. The second kappa shape index (κ2) is 6.92. The lowest BCUT2D eigenvalue weighted by molar-refractivity contribution is -0.115. The van der Waals surface area contributed by atoms with Crippen LogP contribution in [0.4, 0.5) is 4.79 Å². The number of aldehydes is 1. The van der Waals surface area contributed by atoms with Gasteiger partial charge in [-0.2, -0.15) is 0 Å². The van der Waals surface area contributed by atoms with Crippen molar-refractivity contribution in [2.24, 2.45) is 5.92 Å². The van der Waals surface area contributed by atoms with E-state index in [0.717, 1.165) is 37.8 Å². The molecule has 0 spiro atoms. The average molecular weight is 302 g/mol. The van der Waals surface area contributed by atoms with Crippen LogP contribution in [0.2, 0.25) is 0 Å². The molecule has 1 aromatic carbocycles. The van der Waals surface area contributed by atoms with Crippen molar-refractivity contribution in [3.8, 4) is 0 Å². The summed E-state index contributed by atoms with van der Waals surface area (Å²) in [5.41, 5.74) is 1.00. The fourth-order valence-corrected chi connectivity index (χ4v) is 3.12. The van der Waals surface area contributed by atoms with Gasteiger partial charge in [0.1, 0.15) is 12.9 Å². The van der Waals surface area contributed by atoms with E-state index in [1.165, 1.54) is 0 Å². The van der Waals surface area contributed by atoms with E-state index in [9.17, 15) is 9.59 Å². The van der Waals surface area contributed by atoms with Gasteiger partial charge in [0.15, 0.2) is 0 Å². The number of piperazine rings is 1. The monoisotopic (exact) mass is 302 g/mol. The number of hydrogen-bond acceptors (Lipinski definition) is 4. The first-order valence-electron chi connectivity index (χ1n) is 7.91. The van der Waals surface area contributed by atoms with E-state index in [2.05, 4.69) is 4.90 Å². The first-order valence-corrected chi connectivity index (χ1v) is 7.91. The minimum atomic E-state index is -0.233. The molecular formula is C17H22N2O3. The van der Waals surface area contributed by atoms with Crippen molar-refractivity contribution in [2.45, 2.75) is 25.5 Å². The molecule has 1 heterocycles. The highest BCUT2D eigenvalue weighted by molar-refractivity contribution is 5.67. The Bertz CT molecular complexity index is 506. The van der Waals surface area contributed by atoms with Crippen LogP contribution in [0.1, 0.15) is 18.4 Å². The van der Waals surface area contributed by atoms with Crippen LogP contribution in [0.15, 0.2) is 30.3 Å². The van der Waals surface area contributed by atoms with Gasteiger partial charge in [0.2, 0.25) is 0 Å². The van der Waals surface area contributed by atoms with Gasteiger partial charge in [0.05, 0.1) is 0 Å². The Labute approximate surface area is 130 Å². The summed E-state index contributed by atoms with van der Waals surface area (Å²) in [7, 11) is 0. The first-order chi connectivity index (χ1) is 10.8. The molecule has 1 aromatic rings. The number of nitrogens with zero attached hydrogens (tertiary/aromatic N) is 2. The van der Waals surface area contributed by atoms with Crippen LogP contribution in [0, 0.1) is 5.92 Å². The normalized spacial score (nSPS) is 25.4. The van der Waals surface area contributed by atoms with Crippen LogP contribution in [0.3, 0.4) is 0 Å². The second-order valence-corrected chi connectivity index (χ2v) is 6.08. The third-order valence-corrected chi connectivity index (χ3v) is 4.64. The number of amides is 1. The molecule has 0 atom stereocenters. The smallest absolute Gasteiger partial charge is 0.410 e. The molecule has 1 saturated carbocycles. The van der Waals surface area contributed by atoms with Gasteiger partial charge in [0, 0.05) is 38.1 Å². The Morgan fingerprint density at radius 1 is 1.14 bits per heavy atom. The summed E-state index contributed by atoms with van der Waals surface area (Å²) in [4.78, 5) is 26.9. The summed E-state index contributed by atoms with van der Waals surface area (Å²) in [6.45, 7) is 3.47. The van der Waals surface area contributed by atoms with Crippen molar-refractivity contribution in [2.75, 3.05) is 26.2 Å². The number of hydrogen-bond donors (Lipinski definition) is 0. The lowest BCUT2D eigenvalue weighted by atomic mass is 9.80. The van der Waals surface area contributed by atoms with Gasteiger partial charge >= 0.3 is 6.09 Å². The van der Waals surface area contributed by atoms with Gasteiger partial charge in [-0.3, -0.25) is 4.90 Å². The summed E-state index contributed by atoms with van der Waals surface area (Å²) in [6, 6.07) is 10.2. The van der Waals surface area contributed by atoms with Gasteiger partial charge in [-0.15, -0.1) is 0 Å². The Kier molecular flexibility index (Phi) is 4.73. The third kappa shape index (κ3) is 3.47. The van der Waals surface area contributed by atoms with Crippen LogP contribution in [0.25, 0.3) is 0 Å². The summed E-state index contributed by atoms with van der Waals surface area (Å²) in [6.07, 6.45) is 2.78. The molecule has 3 rings (SSSR count). The molecule has 22 heavy (non-hydrogen) atoms. The van der Waals surface area contributed by atoms with Gasteiger partial charge in [-0.05, 0) is 18.4 Å². The fourth-order valence-electron chi connectivity index (χ4n) is 3.12. The molecule has 1 saturated heterocycles. The number of rotatable bonds is 4. The van der Waals surface area contributed by atoms with Crippen molar-refractivity contribution >= 4 is 12.4 Å². The van der Waals surface area contributed by atoms with E-state index in [1.54, 1.807) is 4.90 Å². The molecule has 5 nitrogen and oxygen atoms in total. The van der Waals surface area contributed by atoms with Crippen LogP contribution in [-0.4, -0.2) is 54.4 Å². The van der Waals surface area contributed by atoms with E-state index in [1.807, 2.05) is 30.3 Å². The zero-order valence-corrected chi connectivity index (χ0v) is 12.7. The van der Waals surface area contributed by atoms with Crippen molar-refractivity contribution in [3.63, 3.8) is 0 Å². The topological polar surface area (TPSA) is 49.9 Å². The Morgan fingerprint density at radius 2 is 1.82 bits per heavy atom. The molecule has 0 radical (unpaired) electrons. The molecule has 1 amide bonds. The molecule has 2 aliphatic rings. The van der Waals surface area contributed by atoms with Crippen LogP contribution in [0.5, 0.6) is 0 Å². The third-order valence-electron chi connectivity index (χ3n) is 4.64. The minimum Gasteiger partial charge on any atom is -0.445 e. The van der Waals surface area contributed by atoms with E-state index in [4.69, 9.17) is 4.74 Å². The van der Waals surface area contributed by atoms with Gasteiger partial charge in [-0.25, -0.2) is 4.79 Å². The SMILES string of the molecule is O=CC1CC(N2CCN(C(=O)OCc3ccccc3)CC2)C1. The quantitative estimate of drug-likeness (QED) is 0.797. The van der Waals surface area contributed by atoms with E-state index in [-0.39, 0.29) is 12.0 Å². The molecule has 0 unspecified atom stereocenters. The van der Waals surface area contributed by atoms with Gasteiger partial charge in [0.25, 0.3) is 0 Å². The van der Waals surface area contributed by atoms with Gasteiger partial charge in [-0.1, -0.05) is 30.3 Å². The minimum absolute atomic E-state index is 0.233. The maximum Gasteiger partial charge on any atom is 0.410 e. The second-order valence-electron chi connectivity index (χ2n) is 6.08. The number of benzene rings is 1. The molecule has 0 N–H and O–H groups in total. The lowest BCUT2D eigenvalue weighted by Gasteiger charge is -2.44. The lowest BCUT2D eigenvalue weighted by Crippen LogP contribution is -2.55. The summed E-state index contributed by atoms with van der Waals surface area (Å²) >= 11 is 0. The fraction of sp³-hybridized carbons (Fsp3) is 0.529. The van der Waals surface area contributed by atoms with E-state index >= 15 is 0 Å². The average Bonchev–Trinajstić information content (AvgIpc) is 2.53. The van der Waals surface area contributed by atoms with Crippen molar-refractivity contribution in [3.05, 3.63) is 35.9 Å². The molecule has 1 aliphatic heterocycles.